The average molecular weight is 325 g/mol. The molecule has 2 aromatic rings. The van der Waals surface area contributed by atoms with Crippen molar-refractivity contribution >= 4 is 5.91 Å². The molecule has 4 nitrogen and oxygen atoms in total. The highest BCUT2D eigenvalue weighted by molar-refractivity contribution is 5.79. The second kappa shape index (κ2) is 7.39. The maximum atomic E-state index is 12.3. The second-order valence-electron chi connectivity index (χ2n) is 6.00. The van der Waals surface area contributed by atoms with Crippen molar-refractivity contribution in [2.75, 3.05) is 13.2 Å². The molecule has 2 aromatic carbocycles. The Kier molecular flexibility index (Phi) is 5.04. The van der Waals surface area contributed by atoms with Crippen LogP contribution in [0.4, 0.5) is 0 Å². The molecule has 0 saturated heterocycles. The van der Waals surface area contributed by atoms with Gasteiger partial charge in [0.25, 0.3) is 0 Å². The first-order chi connectivity index (χ1) is 11.7. The molecule has 1 amide bonds. The summed E-state index contributed by atoms with van der Waals surface area (Å²) in [5, 5.41) is 3.09. The second-order valence-corrected chi connectivity index (χ2v) is 6.00. The van der Waals surface area contributed by atoms with E-state index in [4.69, 9.17) is 9.47 Å². The average Bonchev–Trinajstić information content (AvgIpc) is 2.61. The van der Waals surface area contributed by atoms with Crippen molar-refractivity contribution in [1.82, 2.24) is 5.32 Å². The van der Waals surface area contributed by atoms with Gasteiger partial charge in [0.05, 0.1) is 12.5 Å². The smallest absolute Gasteiger partial charge is 0.224 e. The number of ether oxygens (including phenoxy) is 2. The van der Waals surface area contributed by atoms with E-state index < -0.39 is 0 Å². The van der Waals surface area contributed by atoms with Crippen LogP contribution in [0.15, 0.2) is 42.5 Å². The highest BCUT2D eigenvalue weighted by Crippen LogP contribution is 2.35. The van der Waals surface area contributed by atoms with Crippen LogP contribution in [0.3, 0.4) is 0 Å². The van der Waals surface area contributed by atoms with E-state index in [9.17, 15) is 4.79 Å². The van der Waals surface area contributed by atoms with Gasteiger partial charge in [0.1, 0.15) is 13.2 Å². The standard InChI is InChI=1S/C20H23NO3/c1-3-16-12-18-19(24-10-9-23-18)13-17(16)14(2)21-20(22)11-15-7-5-4-6-8-15/h4-8,12-14H,3,9-11H2,1-2H3,(H,21,22)/t14-/m1/s1. The number of aryl methyl sites for hydroxylation is 1. The van der Waals surface area contributed by atoms with Crippen LogP contribution in [-0.4, -0.2) is 19.1 Å². The van der Waals surface area contributed by atoms with Gasteiger partial charge in [0.2, 0.25) is 5.91 Å². The summed E-state index contributed by atoms with van der Waals surface area (Å²) in [6.07, 6.45) is 1.27. The van der Waals surface area contributed by atoms with Gasteiger partial charge >= 0.3 is 0 Å². The van der Waals surface area contributed by atoms with E-state index in [0.29, 0.717) is 19.6 Å². The van der Waals surface area contributed by atoms with E-state index in [1.165, 1.54) is 5.56 Å². The first kappa shape index (κ1) is 16.4. The lowest BCUT2D eigenvalue weighted by molar-refractivity contribution is -0.121. The molecule has 0 spiro atoms. The quantitative estimate of drug-likeness (QED) is 0.916. The summed E-state index contributed by atoms with van der Waals surface area (Å²) in [6, 6.07) is 13.7. The minimum Gasteiger partial charge on any atom is -0.486 e. The molecule has 0 bridgehead atoms. The van der Waals surface area contributed by atoms with Crippen LogP contribution < -0.4 is 14.8 Å². The highest BCUT2D eigenvalue weighted by Gasteiger charge is 2.19. The molecule has 1 aliphatic heterocycles. The van der Waals surface area contributed by atoms with Gasteiger partial charge < -0.3 is 14.8 Å². The number of benzene rings is 2. The molecule has 1 atom stereocenters. The fraction of sp³-hybridized carbons (Fsp3) is 0.350. The molecule has 0 aliphatic carbocycles. The molecular weight excluding hydrogens is 302 g/mol. The number of carbonyl (C=O) groups excluding carboxylic acids is 1. The number of hydrogen-bond donors (Lipinski definition) is 1. The Bertz CT molecular complexity index is 712. The zero-order chi connectivity index (χ0) is 16.9. The SMILES string of the molecule is CCc1cc2c(cc1[C@@H](C)NC(=O)Cc1ccccc1)OCCO2. The lowest BCUT2D eigenvalue weighted by atomic mass is 9.98. The van der Waals surface area contributed by atoms with Gasteiger partial charge in [-0.15, -0.1) is 0 Å². The molecule has 3 rings (SSSR count). The third-order valence-electron chi connectivity index (χ3n) is 4.24. The Morgan fingerprint density at radius 3 is 2.46 bits per heavy atom. The largest absolute Gasteiger partial charge is 0.486 e. The minimum absolute atomic E-state index is 0.0191. The fourth-order valence-electron chi connectivity index (χ4n) is 3.01. The van der Waals surface area contributed by atoms with Crippen molar-refractivity contribution in [2.24, 2.45) is 0 Å². The zero-order valence-corrected chi connectivity index (χ0v) is 14.2. The normalized spacial score (nSPS) is 14.1. The molecule has 1 N–H and O–H groups in total. The molecule has 0 fully saturated rings. The summed E-state index contributed by atoms with van der Waals surface area (Å²) < 4.78 is 11.3. The summed E-state index contributed by atoms with van der Waals surface area (Å²) >= 11 is 0. The van der Waals surface area contributed by atoms with Gasteiger partial charge in [-0.05, 0) is 42.2 Å². The van der Waals surface area contributed by atoms with Crippen molar-refractivity contribution in [1.29, 1.82) is 0 Å². The summed E-state index contributed by atoms with van der Waals surface area (Å²) in [4.78, 5) is 12.3. The molecule has 126 valence electrons. The van der Waals surface area contributed by atoms with Gasteiger partial charge in [0.15, 0.2) is 11.5 Å². The number of carbonyl (C=O) groups is 1. The molecule has 0 unspecified atom stereocenters. The van der Waals surface area contributed by atoms with E-state index >= 15 is 0 Å². The minimum atomic E-state index is -0.0769. The Morgan fingerprint density at radius 1 is 1.12 bits per heavy atom. The summed E-state index contributed by atoms with van der Waals surface area (Å²) in [5.41, 5.74) is 3.27. The Hall–Kier alpha value is -2.49. The number of fused-ring (bicyclic) bond motifs is 1. The van der Waals surface area contributed by atoms with E-state index in [-0.39, 0.29) is 11.9 Å². The van der Waals surface area contributed by atoms with Gasteiger partial charge in [-0.1, -0.05) is 37.3 Å². The van der Waals surface area contributed by atoms with Crippen molar-refractivity contribution in [3.63, 3.8) is 0 Å². The van der Waals surface area contributed by atoms with Crippen LogP contribution >= 0.6 is 0 Å². The van der Waals surface area contributed by atoms with Crippen LogP contribution in [0, 0.1) is 0 Å². The zero-order valence-electron chi connectivity index (χ0n) is 14.2. The Balaban J connectivity index is 1.74. The van der Waals surface area contributed by atoms with E-state index in [2.05, 4.69) is 12.2 Å². The van der Waals surface area contributed by atoms with E-state index in [1.807, 2.05) is 49.4 Å². The Labute approximate surface area is 142 Å². The summed E-state index contributed by atoms with van der Waals surface area (Å²) in [7, 11) is 0. The molecular formula is C20H23NO3. The third kappa shape index (κ3) is 3.70. The molecule has 0 radical (unpaired) electrons. The lowest BCUT2D eigenvalue weighted by Crippen LogP contribution is -2.29. The van der Waals surface area contributed by atoms with Crippen LogP contribution in [0.2, 0.25) is 0 Å². The molecule has 24 heavy (non-hydrogen) atoms. The maximum Gasteiger partial charge on any atom is 0.224 e. The third-order valence-corrected chi connectivity index (χ3v) is 4.24. The van der Waals surface area contributed by atoms with Crippen molar-refractivity contribution < 1.29 is 14.3 Å². The number of amides is 1. The molecule has 4 heteroatoms. The van der Waals surface area contributed by atoms with Crippen molar-refractivity contribution in [3.8, 4) is 11.5 Å². The van der Waals surface area contributed by atoms with Crippen LogP contribution in [0.5, 0.6) is 11.5 Å². The maximum absolute atomic E-state index is 12.3. The summed E-state index contributed by atoms with van der Waals surface area (Å²) in [6.45, 7) is 5.26. The monoisotopic (exact) mass is 325 g/mol. The van der Waals surface area contributed by atoms with Crippen molar-refractivity contribution in [2.45, 2.75) is 32.7 Å². The first-order valence-corrected chi connectivity index (χ1v) is 8.43. The van der Waals surface area contributed by atoms with Crippen LogP contribution in [0.1, 0.15) is 36.6 Å². The molecule has 1 heterocycles. The number of hydrogen-bond acceptors (Lipinski definition) is 3. The predicted octanol–water partition coefficient (Wildman–Crippen LogP) is 3.44. The molecule has 1 aliphatic rings. The van der Waals surface area contributed by atoms with Gasteiger partial charge in [-0.25, -0.2) is 0 Å². The predicted molar refractivity (Wildman–Crippen MR) is 93.5 cm³/mol. The fourth-order valence-corrected chi connectivity index (χ4v) is 3.01. The molecule has 0 saturated carbocycles. The summed E-state index contributed by atoms with van der Waals surface area (Å²) in [5.74, 6) is 1.58. The highest BCUT2D eigenvalue weighted by atomic mass is 16.6. The number of nitrogens with one attached hydrogen (secondary N) is 1. The number of rotatable bonds is 5. The lowest BCUT2D eigenvalue weighted by Gasteiger charge is -2.24. The topological polar surface area (TPSA) is 47.6 Å². The van der Waals surface area contributed by atoms with Gasteiger partial charge in [-0.2, -0.15) is 0 Å². The van der Waals surface area contributed by atoms with Gasteiger partial charge in [0, 0.05) is 0 Å². The molecule has 0 aromatic heterocycles. The first-order valence-electron chi connectivity index (χ1n) is 8.43. The van der Waals surface area contributed by atoms with Crippen LogP contribution in [0.25, 0.3) is 0 Å². The van der Waals surface area contributed by atoms with E-state index in [0.717, 1.165) is 29.0 Å². The van der Waals surface area contributed by atoms with Gasteiger partial charge in [-0.3, -0.25) is 4.79 Å². The van der Waals surface area contributed by atoms with E-state index in [1.54, 1.807) is 0 Å². The Morgan fingerprint density at radius 2 is 1.79 bits per heavy atom. The van der Waals surface area contributed by atoms with Crippen molar-refractivity contribution in [3.05, 3.63) is 59.2 Å². The van der Waals surface area contributed by atoms with Crippen LogP contribution in [-0.2, 0) is 17.6 Å².